The first kappa shape index (κ1) is 20.5. The van der Waals surface area contributed by atoms with Gasteiger partial charge in [-0.25, -0.2) is 0 Å². The molecular formula is C18H36N6. The number of nitrogens with one attached hydrogen (secondary N) is 1. The predicted octanol–water partition coefficient (Wildman–Crippen LogP) is 2.28. The summed E-state index contributed by atoms with van der Waals surface area (Å²) in [4.78, 5) is 9.04. The van der Waals surface area contributed by atoms with Crippen molar-refractivity contribution in [3.05, 3.63) is 17.5 Å². The Bertz CT molecular complexity index is 506. The summed E-state index contributed by atoms with van der Waals surface area (Å²) in [5.41, 5.74) is 2.43. The Morgan fingerprint density at radius 1 is 1.33 bits per heavy atom. The molecule has 1 N–H and O–H groups in total. The topological polar surface area (TPSA) is 48.7 Å². The molecule has 1 aromatic heterocycles. The van der Waals surface area contributed by atoms with E-state index in [1.165, 1.54) is 17.7 Å². The van der Waals surface area contributed by atoms with Crippen molar-refractivity contribution in [2.24, 2.45) is 12.0 Å². The van der Waals surface area contributed by atoms with Crippen molar-refractivity contribution in [2.75, 3.05) is 40.3 Å². The Hall–Kier alpha value is -1.56. The first-order valence-corrected chi connectivity index (χ1v) is 9.09. The maximum Gasteiger partial charge on any atom is 0.193 e. The van der Waals surface area contributed by atoms with Crippen LogP contribution in [0.4, 0.5) is 0 Å². The van der Waals surface area contributed by atoms with E-state index in [-0.39, 0.29) is 0 Å². The summed E-state index contributed by atoms with van der Waals surface area (Å²) in [6.07, 6.45) is 3.31. The second-order valence-electron chi connectivity index (χ2n) is 6.63. The van der Waals surface area contributed by atoms with Gasteiger partial charge in [-0.1, -0.05) is 27.7 Å². The smallest absolute Gasteiger partial charge is 0.193 e. The summed E-state index contributed by atoms with van der Waals surface area (Å²) in [6.45, 7) is 13.8. The van der Waals surface area contributed by atoms with Crippen molar-refractivity contribution < 1.29 is 0 Å². The molecule has 0 aromatic carbocycles. The molecule has 0 amide bonds. The lowest BCUT2D eigenvalue weighted by atomic mass is 10.1. The highest BCUT2D eigenvalue weighted by molar-refractivity contribution is 5.79. The van der Waals surface area contributed by atoms with Crippen molar-refractivity contribution >= 4 is 5.96 Å². The molecule has 0 unspecified atom stereocenters. The quantitative estimate of drug-likeness (QED) is 0.555. The Kier molecular flexibility index (Phi) is 8.82. The van der Waals surface area contributed by atoms with Gasteiger partial charge in [0.05, 0.1) is 5.69 Å². The number of aliphatic imine (C=N–C) groups is 1. The third-order valence-electron chi connectivity index (χ3n) is 4.16. The zero-order chi connectivity index (χ0) is 18.1. The van der Waals surface area contributed by atoms with E-state index >= 15 is 0 Å². The van der Waals surface area contributed by atoms with Crippen LogP contribution in [-0.2, 0) is 13.6 Å². The normalized spacial score (nSPS) is 12.3. The van der Waals surface area contributed by atoms with E-state index in [2.05, 4.69) is 66.1 Å². The van der Waals surface area contributed by atoms with Gasteiger partial charge in [-0.3, -0.25) is 9.67 Å². The first-order valence-electron chi connectivity index (χ1n) is 9.09. The zero-order valence-corrected chi connectivity index (χ0v) is 16.6. The summed E-state index contributed by atoms with van der Waals surface area (Å²) in [5.74, 6) is 1.36. The number of guanidine groups is 1. The van der Waals surface area contributed by atoms with Gasteiger partial charge in [0.15, 0.2) is 5.96 Å². The van der Waals surface area contributed by atoms with Gasteiger partial charge in [-0.15, -0.1) is 0 Å². The lowest BCUT2D eigenvalue weighted by molar-refractivity contribution is 0.291. The van der Waals surface area contributed by atoms with E-state index < -0.39 is 0 Å². The van der Waals surface area contributed by atoms with Crippen LogP contribution in [0.1, 0.15) is 51.3 Å². The highest BCUT2D eigenvalue weighted by atomic mass is 15.3. The van der Waals surface area contributed by atoms with Crippen LogP contribution in [-0.4, -0.2) is 65.8 Å². The van der Waals surface area contributed by atoms with E-state index in [9.17, 15) is 0 Å². The second-order valence-corrected chi connectivity index (χ2v) is 6.63. The molecule has 0 saturated heterocycles. The highest BCUT2D eigenvalue weighted by Gasteiger charge is 2.15. The molecule has 0 aliphatic heterocycles. The molecule has 138 valence electrons. The summed E-state index contributed by atoms with van der Waals surface area (Å²) in [7, 11) is 5.90. The average molecular weight is 337 g/mol. The number of hydrogen-bond acceptors (Lipinski definition) is 3. The van der Waals surface area contributed by atoms with Crippen LogP contribution in [0.15, 0.2) is 11.2 Å². The lowest BCUT2D eigenvalue weighted by Gasteiger charge is -2.24. The second kappa shape index (κ2) is 10.3. The average Bonchev–Trinajstić information content (AvgIpc) is 2.91. The molecular weight excluding hydrogens is 300 g/mol. The van der Waals surface area contributed by atoms with Gasteiger partial charge in [0.2, 0.25) is 0 Å². The Morgan fingerprint density at radius 2 is 2.04 bits per heavy atom. The van der Waals surface area contributed by atoms with E-state index in [1.807, 2.05) is 18.8 Å². The van der Waals surface area contributed by atoms with E-state index in [0.717, 1.165) is 38.7 Å². The van der Waals surface area contributed by atoms with Crippen LogP contribution in [0.3, 0.4) is 0 Å². The van der Waals surface area contributed by atoms with Crippen LogP contribution >= 0.6 is 0 Å². The van der Waals surface area contributed by atoms with Crippen LogP contribution in [0, 0.1) is 0 Å². The third-order valence-corrected chi connectivity index (χ3v) is 4.16. The molecule has 1 aromatic rings. The molecule has 0 spiro atoms. The molecule has 0 aliphatic carbocycles. The Balaban J connectivity index is 2.60. The minimum absolute atomic E-state index is 0.428. The van der Waals surface area contributed by atoms with Gasteiger partial charge in [0, 0.05) is 52.5 Å². The molecule has 1 rings (SSSR count). The van der Waals surface area contributed by atoms with Gasteiger partial charge in [0.1, 0.15) is 0 Å². The lowest BCUT2D eigenvalue weighted by Crippen LogP contribution is -2.42. The van der Waals surface area contributed by atoms with Crippen molar-refractivity contribution in [3.63, 3.8) is 0 Å². The maximum atomic E-state index is 4.59. The molecule has 1 heterocycles. The largest absolute Gasteiger partial charge is 0.355 e. The first-order chi connectivity index (χ1) is 11.4. The Labute approximate surface area is 147 Å². The molecule has 6 heteroatoms. The number of rotatable bonds is 9. The van der Waals surface area contributed by atoms with Crippen molar-refractivity contribution in [2.45, 2.75) is 46.6 Å². The number of aromatic nitrogens is 2. The number of aryl methyl sites for hydroxylation is 1. The predicted molar refractivity (Wildman–Crippen MR) is 103 cm³/mol. The number of likely N-dealkylation sites (N-methyl/N-ethyl adjacent to an activating group) is 1. The molecule has 0 bridgehead atoms. The van der Waals surface area contributed by atoms with Crippen LogP contribution in [0.25, 0.3) is 0 Å². The fourth-order valence-corrected chi connectivity index (χ4v) is 2.95. The van der Waals surface area contributed by atoms with E-state index in [0.29, 0.717) is 5.92 Å². The molecule has 0 fully saturated rings. The van der Waals surface area contributed by atoms with Crippen LogP contribution in [0.5, 0.6) is 0 Å². The van der Waals surface area contributed by atoms with Gasteiger partial charge in [0.25, 0.3) is 0 Å². The van der Waals surface area contributed by atoms with Crippen molar-refractivity contribution in [3.8, 4) is 0 Å². The standard InChI is InChI=1S/C18H36N6/c1-8-11-24(9-2)12-10-20-18(19-5)22(6)13-16-14-23(7)21-17(16)15(3)4/h14-15H,8-13H2,1-7H3,(H,19,20). The van der Waals surface area contributed by atoms with Gasteiger partial charge in [-0.2, -0.15) is 5.10 Å². The monoisotopic (exact) mass is 336 g/mol. The highest BCUT2D eigenvalue weighted by Crippen LogP contribution is 2.18. The molecule has 0 atom stereocenters. The minimum atomic E-state index is 0.428. The molecule has 24 heavy (non-hydrogen) atoms. The molecule has 0 saturated carbocycles. The third kappa shape index (κ3) is 6.15. The number of nitrogens with zero attached hydrogens (tertiary/aromatic N) is 5. The SMILES string of the molecule is CCCN(CC)CCNC(=NC)N(C)Cc1cn(C)nc1C(C)C. The zero-order valence-electron chi connectivity index (χ0n) is 16.6. The molecule has 6 nitrogen and oxygen atoms in total. The summed E-state index contributed by atoms with van der Waals surface area (Å²) in [5, 5.41) is 8.06. The van der Waals surface area contributed by atoms with E-state index in [1.54, 1.807) is 0 Å². The molecule has 0 radical (unpaired) electrons. The van der Waals surface area contributed by atoms with Gasteiger partial charge >= 0.3 is 0 Å². The minimum Gasteiger partial charge on any atom is -0.355 e. The Morgan fingerprint density at radius 3 is 2.58 bits per heavy atom. The van der Waals surface area contributed by atoms with Gasteiger partial charge in [-0.05, 0) is 25.4 Å². The van der Waals surface area contributed by atoms with E-state index in [4.69, 9.17) is 0 Å². The van der Waals surface area contributed by atoms with Gasteiger partial charge < -0.3 is 15.1 Å². The summed E-state index contributed by atoms with van der Waals surface area (Å²) >= 11 is 0. The van der Waals surface area contributed by atoms with Crippen molar-refractivity contribution in [1.82, 2.24) is 24.9 Å². The number of hydrogen-bond donors (Lipinski definition) is 1. The van der Waals surface area contributed by atoms with Crippen LogP contribution in [0.2, 0.25) is 0 Å². The maximum absolute atomic E-state index is 4.59. The fourth-order valence-electron chi connectivity index (χ4n) is 2.95. The van der Waals surface area contributed by atoms with Crippen LogP contribution < -0.4 is 5.32 Å². The summed E-state index contributed by atoms with van der Waals surface area (Å²) in [6, 6.07) is 0. The molecule has 0 aliphatic rings. The van der Waals surface area contributed by atoms with Crippen molar-refractivity contribution in [1.29, 1.82) is 0 Å². The fraction of sp³-hybridized carbons (Fsp3) is 0.778. The summed E-state index contributed by atoms with van der Waals surface area (Å²) < 4.78 is 1.90.